The highest BCUT2D eigenvalue weighted by molar-refractivity contribution is 5.98. The van der Waals surface area contributed by atoms with Crippen molar-refractivity contribution >= 4 is 11.7 Å². The predicted octanol–water partition coefficient (Wildman–Crippen LogP) is 2.41. The van der Waals surface area contributed by atoms with Crippen LogP contribution in [0.2, 0.25) is 0 Å². The van der Waals surface area contributed by atoms with E-state index in [0.717, 1.165) is 0 Å². The summed E-state index contributed by atoms with van der Waals surface area (Å²) < 4.78 is 11.1. The van der Waals surface area contributed by atoms with Gasteiger partial charge in [0.2, 0.25) is 5.91 Å². The molecule has 2 heterocycles. The standard InChI is InChI=1S/C22H29N3O4/c1-15(2)22(3,14-23)24-20(26)13-25-8-6-16(7-9-25)21(27)17-4-5-18-19(12-17)29-11-10-28-18/h4-5,12,15-16H,6-11,13H2,1-3H3,(H,24,26)/t22-/m1/s1. The fourth-order valence-electron chi connectivity index (χ4n) is 3.62. The van der Waals surface area contributed by atoms with Gasteiger partial charge in [0.15, 0.2) is 17.3 Å². The van der Waals surface area contributed by atoms with E-state index in [4.69, 9.17) is 9.47 Å². The summed E-state index contributed by atoms with van der Waals surface area (Å²) in [7, 11) is 0. The van der Waals surface area contributed by atoms with Gasteiger partial charge in [-0.25, -0.2) is 0 Å². The maximum atomic E-state index is 12.9. The molecule has 7 nitrogen and oxygen atoms in total. The number of nitrogens with one attached hydrogen (secondary N) is 1. The van der Waals surface area contributed by atoms with E-state index >= 15 is 0 Å². The Morgan fingerprint density at radius 3 is 2.52 bits per heavy atom. The minimum atomic E-state index is -0.871. The molecule has 156 valence electrons. The number of benzene rings is 1. The van der Waals surface area contributed by atoms with Crippen molar-refractivity contribution < 1.29 is 19.1 Å². The fourth-order valence-corrected chi connectivity index (χ4v) is 3.62. The highest BCUT2D eigenvalue weighted by Crippen LogP contribution is 2.32. The number of ether oxygens (including phenoxy) is 2. The Balaban J connectivity index is 1.52. The SMILES string of the molecule is CC(C)[C@@](C)(C#N)NC(=O)CN1CCC(C(=O)c2ccc3c(c2)OCCO3)CC1. The smallest absolute Gasteiger partial charge is 0.235 e. The summed E-state index contributed by atoms with van der Waals surface area (Å²) in [6, 6.07) is 7.55. The lowest BCUT2D eigenvalue weighted by Crippen LogP contribution is -2.52. The topological polar surface area (TPSA) is 91.7 Å². The number of ketones is 1. The molecule has 1 saturated heterocycles. The molecule has 2 aliphatic heterocycles. The number of hydrogen-bond acceptors (Lipinski definition) is 6. The largest absolute Gasteiger partial charge is 0.486 e. The van der Waals surface area contributed by atoms with Gasteiger partial charge in [0.25, 0.3) is 0 Å². The van der Waals surface area contributed by atoms with Gasteiger partial charge in [-0.2, -0.15) is 5.26 Å². The number of nitrogens with zero attached hydrogens (tertiary/aromatic N) is 2. The number of fused-ring (bicyclic) bond motifs is 1. The van der Waals surface area contributed by atoms with Gasteiger partial charge in [0, 0.05) is 11.5 Å². The van der Waals surface area contributed by atoms with Crippen molar-refractivity contribution in [3.05, 3.63) is 23.8 Å². The van der Waals surface area contributed by atoms with Crippen molar-refractivity contribution in [2.24, 2.45) is 11.8 Å². The molecule has 0 saturated carbocycles. The van der Waals surface area contributed by atoms with E-state index in [1.54, 1.807) is 25.1 Å². The molecule has 0 aliphatic carbocycles. The number of likely N-dealkylation sites (tertiary alicyclic amines) is 1. The number of amides is 1. The van der Waals surface area contributed by atoms with Crippen LogP contribution >= 0.6 is 0 Å². The Hall–Kier alpha value is -2.59. The molecule has 1 fully saturated rings. The third-order valence-corrected chi connectivity index (χ3v) is 5.94. The number of carbonyl (C=O) groups is 2. The molecule has 1 amide bonds. The van der Waals surface area contributed by atoms with Crippen LogP contribution in [0.15, 0.2) is 18.2 Å². The Morgan fingerprint density at radius 1 is 1.24 bits per heavy atom. The fraction of sp³-hybridized carbons (Fsp3) is 0.591. The summed E-state index contributed by atoms with van der Waals surface area (Å²) >= 11 is 0. The maximum Gasteiger partial charge on any atom is 0.235 e. The number of rotatable bonds is 6. The first kappa shape index (κ1) is 21.1. The van der Waals surface area contributed by atoms with Gasteiger partial charge in [-0.1, -0.05) is 13.8 Å². The lowest BCUT2D eigenvalue weighted by atomic mass is 9.88. The summed E-state index contributed by atoms with van der Waals surface area (Å²) in [6.45, 7) is 8.20. The van der Waals surface area contributed by atoms with Gasteiger partial charge >= 0.3 is 0 Å². The predicted molar refractivity (Wildman–Crippen MR) is 108 cm³/mol. The van der Waals surface area contributed by atoms with E-state index in [9.17, 15) is 14.9 Å². The van der Waals surface area contributed by atoms with Crippen LogP contribution in [0.5, 0.6) is 11.5 Å². The zero-order valence-electron chi connectivity index (χ0n) is 17.4. The number of hydrogen-bond donors (Lipinski definition) is 1. The molecular formula is C22H29N3O4. The van der Waals surface area contributed by atoms with Crippen LogP contribution in [0.25, 0.3) is 0 Å². The molecule has 1 atom stereocenters. The molecule has 1 aromatic carbocycles. The summed E-state index contributed by atoms with van der Waals surface area (Å²) in [5, 5.41) is 12.2. The molecule has 0 unspecified atom stereocenters. The average molecular weight is 399 g/mol. The van der Waals surface area contributed by atoms with Crippen molar-refractivity contribution in [1.29, 1.82) is 5.26 Å². The van der Waals surface area contributed by atoms with Crippen LogP contribution in [0.3, 0.4) is 0 Å². The first-order valence-electron chi connectivity index (χ1n) is 10.2. The van der Waals surface area contributed by atoms with Crippen LogP contribution in [0.4, 0.5) is 0 Å². The maximum absolute atomic E-state index is 12.9. The van der Waals surface area contributed by atoms with Crippen LogP contribution in [0, 0.1) is 23.2 Å². The molecular weight excluding hydrogens is 370 g/mol. The lowest BCUT2D eigenvalue weighted by molar-refractivity contribution is -0.124. The van der Waals surface area contributed by atoms with Gasteiger partial charge in [0.1, 0.15) is 18.8 Å². The number of carbonyl (C=O) groups excluding carboxylic acids is 2. The minimum absolute atomic E-state index is 0.0193. The summed E-state index contributed by atoms with van der Waals surface area (Å²) in [5.74, 6) is 1.23. The molecule has 1 aromatic rings. The van der Waals surface area contributed by atoms with Crippen molar-refractivity contribution in [2.75, 3.05) is 32.8 Å². The highest BCUT2D eigenvalue weighted by atomic mass is 16.6. The Labute approximate surface area is 172 Å². The van der Waals surface area contributed by atoms with E-state index in [0.29, 0.717) is 56.2 Å². The van der Waals surface area contributed by atoms with Crippen molar-refractivity contribution in [1.82, 2.24) is 10.2 Å². The number of piperidine rings is 1. The molecule has 3 rings (SSSR count). The van der Waals surface area contributed by atoms with E-state index in [1.165, 1.54) is 0 Å². The Bertz CT molecular complexity index is 809. The van der Waals surface area contributed by atoms with Gasteiger partial charge in [0.05, 0.1) is 12.6 Å². The first-order chi connectivity index (χ1) is 13.8. The van der Waals surface area contributed by atoms with E-state index in [2.05, 4.69) is 11.4 Å². The van der Waals surface area contributed by atoms with Gasteiger partial charge in [-0.05, 0) is 57.0 Å². The quantitative estimate of drug-likeness (QED) is 0.739. The van der Waals surface area contributed by atoms with Crippen molar-refractivity contribution in [2.45, 2.75) is 39.2 Å². The van der Waals surface area contributed by atoms with Crippen molar-refractivity contribution in [3.63, 3.8) is 0 Å². The Kier molecular flexibility index (Phi) is 6.43. The monoisotopic (exact) mass is 399 g/mol. The van der Waals surface area contributed by atoms with Crippen LogP contribution < -0.4 is 14.8 Å². The van der Waals surface area contributed by atoms with Crippen molar-refractivity contribution in [3.8, 4) is 17.6 Å². The molecule has 0 spiro atoms. The average Bonchev–Trinajstić information content (AvgIpc) is 2.73. The normalized spacial score (nSPS) is 19.3. The third kappa shape index (κ3) is 4.88. The number of nitriles is 1. The first-order valence-corrected chi connectivity index (χ1v) is 10.2. The number of Topliss-reactive ketones (excluding diaryl/α,β-unsaturated/α-hetero) is 1. The van der Waals surface area contributed by atoms with Gasteiger partial charge < -0.3 is 14.8 Å². The molecule has 0 radical (unpaired) electrons. The van der Waals surface area contributed by atoms with Crippen LogP contribution in [0.1, 0.15) is 44.0 Å². The molecule has 1 N–H and O–H groups in total. The molecule has 0 bridgehead atoms. The van der Waals surface area contributed by atoms with Crippen LogP contribution in [-0.4, -0.2) is 55.0 Å². The molecule has 29 heavy (non-hydrogen) atoms. The van der Waals surface area contributed by atoms with Gasteiger partial charge in [-0.15, -0.1) is 0 Å². The zero-order chi connectivity index (χ0) is 21.0. The molecule has 2 aliphatic rings. The second-order valence-corrected chi connectivity index (χ2v) is 8.29. The highest BCUT2D eigenvalue weighted by Gasteiger charge is 2.32. The zero-order valence-corrected chi connectivity index (χ0v) is 17.4. The van der Waals surface area contributed by atoms with Crippen LogP contribution in [-0.2, 0) is 4.79 Å². The lowest BCUT2D eigenvalue weighted by Gasteiger charge is -2.33. The van der Waals surface area contributed by atoms with E-state index in [1.807, 2.05) is 18.7 Å². The summed E-state index contributed by atoms with van der Waals surface area (Å²) in [6.07, 6.45) is 1.42. The molecule has 7 heteroatoms. The van der Waals surface area contributed by atoms with Gasteiger partial charge in [-0.3, -0.25) is 14.5 Å². The molecule has 0 aromatic heterocycles. The Morgan fingerprint density at radius 2 is 1.90 bits per heavy atom. The van der Waals surface area contributed by atoms with E-state index in [-0.39, 0.29) is 30.1 Å². The third-order valence-electron chi connectivity index (χ3n) is 5.94. The second kappa shape index (κ2) is 8.83. The summed E-state index contributed by atoms with van der Waals surface area (Å²) in [5.41, 5.74) is -0.226. The van der Waals surface area contributed by atoms with E-state index < -0.39 is 5.54 Å². The second-order valence-electron chi connectivity index (χ2n) is 8.29. The minimum Gasteiger partial charge on any atom is -0.486 e. The summed E-state index contributed by atoms with van der Waals surface area (Å²) in [4.78, 5) is 27.3.